The van der Waals surface area contributed by atoms with Crippen LogP contribution in [-0.4, -0.2) is 72.8 Å². The Balaban J connectivity index is 1.35. The Morgan fingerprint density at radius 2 is 1.92 bits per heavy atom. The molecule has 266 valence electrons. The van der Waals surface area contributed by atoms with Crippen LogP contribution in [0.2, 0.25) is 5.02 Å². The quantitative estimate of drug-likeness (QED) is 0.281. The van der Waals surface area contributed by atoms with E-state index < -0.39 is 41.6 Å². The highest BCUT2D eigenvalue weighted by atomic mass is 35.5. The molecule has 10 nitrogen and oxygen atoms in total. The lowest BCUT2D eigenvalue weighted by Crippen LogP contribution is -2.52. The van der Waals surface area contributed by atoms with E-state index in [0.717, 1.165) is 33.7 Å². The zero-order valence-corrected chi connectivity index (χ0v) is 29.4. The molecule has 1 saturated heterocycles. The third-order valence-corrected chi connectivity index (χ3v) is 9.89. The molecule has 3 aromatic rings. The number of para-hydroxylation sites is 1. The first-order chi connectivity index (χ1) is 24.2. The lowest BCUT2D eigenvalue weighted by Gasteiger charge is -2.39. The van der Waals surface area contributed by atoms with Crippen LogP contribution in [0.5, 0.6) is 0 Å². The number of nitriles is 1. The van der Waals surface area contributed by atoms with Gasteiger partial charge in [0, 0.05) is 57.3 Å². The lowest BCUT2D eigenvalue weighted by atomic mass is 9.95. The molecule has 3 atom stereocenters. The molecule has 1 aromatic heterocycles. The first kappa shape index (κ1) is 35.9. The van der Waals surface area contributed by atoms with E-state index in [0.29, 0.717) is 36.0 Å². The Kier molecular flexibility index (Phi) is 9.85. The molecule has 0 unspecified atom stereocenters. The summed E-state index contributed by atoms with van der Waals surface area (Å²) >= 11 is 6.82. The first-order valence-corrected chi connectivity index (χ1v) is 16.8. The molecule has 6 rings (SSSR count). The van der Waals surface area contributed by atoms with Crippen LogP contribution in [-0.2, 0) is 33.6 Å². The van der Waals surface area contributed by atoms with Crippen molar-refractivity contribution in [3.05, 3.63) is 93.7 Å². The number of aryl methyl sites for hydroxylation is 1. The van der Waals surface area contributed by atoms with Gasteiger partial charge in [0.2, 0.25) is 17.7 Å². The van der Waals surface area contributed by atoms with Gasteiger partial charge in [-0.15, -0.1) is 0 Å². The summed E-state index contributed by atoms with van der Waals surface area (Å²) in [5.41, 5.74) is 2.85. The molecule has 0 bridgehead atoms. The number of halogens is 4. The van der Waals surface area contributed by atoms with Crippen LogP contribution in [0.3, 0.4) is 0 Å². The van der Waals surface area contributed by atoms with E-state index in [1.165, 1.54) is 17.9 Å². The SMILES string of the molecule is Cc1cc(C(F)(F)F)cc(N2C(=O)C[C@@H]3CN(Cc4ccc5c(c4)CN(C(=O)/C=C/CN(C)C)[C@H]5CC#N)c4c(Cl)cccc4N(C)C(=O)[C@H]32)n1. The fourth-order valence-corrected chi connectivity index (χ4v) is 7.60. The number of benzene rings is 2. The van der Waals surface area contributed by atoms with E-state index in [-0.39, 0.29) is 36.8 Å². The van der Waals surface area contributed by atoms with Crippen LogP contribution in [0.1, 0.15) is 46.8 Å². The van der Waals surface area contributed by atoms with Gasteiger partial charge in [-0.25, -0.2) is 4.98 Å². The number of likely N-dealkylation sites (N-methyl/N-ethyl adjacent to an activating group) is 2. The van der Waals surface area contributed by atoms with Crippen LogP contribution >= 0.6 is 11.6 Å². The summed E-state index contributed by atoms with van der Waals surface area (Å²) in [5, 5.41) is 9.97. The number of carbonyl (C=O) groups excluding carboxylic acids is 3. The normalized spacial score (nSPS) is 20.4. The van der Waals surface area contributed by atoms with E-state index in [9.17, 15) is 32.8 Å². The van der Waals surface area contributed by atoms with Gasteiger partial charge >= 0.3 is 6.18 Å². The monoisotopic (exact) mass is 719 g/mol. The van der Waals surface area contributed by atoms with Crippen molar-refractivity contribution in [1.29, 1.82) is 5.26 Å². The van der Waals surface area contributed by atoms with Crippen LogP contribution in [0, 0.1) is 24.2 Å². The summed E-state index contributed by atoms with van der Waals surface area (Å²) in [5.74, 6) is -1.97. The Morgan fingerprint density at radius 1 is 1.16 bits per heavy atom. The standard InChI is InChI=1S/C37H37ClF3N7O3/c1-22-15-26(37(39,40)41)18-31(43-22)48-33(50)17-25-20-46(35-28(38)7-5-8-30(35)45(4)36(51)34(25)48)19-23-10-11-27-24(16-23)21-47(29(27)12-13-42)32(49)9-6-14-44(2)3/h5-11,15-16,18,25,29,34H,12,14,17,19-21H2,1-4H3/b9-6+/t25-,29+,34+/m1/s1. The minimum atomic E-state index is -4.67. The highest BCUT2D eigenvalue weighted by Gasteiger charge is 2.49. The molecular formula is C37H37ClF3N7O3. The van der Waals surface area contributed by atoms with Crippen LogP contribution in [0.4, 0.5) is 30.4 Å². The number of amides is 3. The van der Waals surface area contributed by atoms with Gasteiger partial charge in [-0.2, -0.15) is 18.4 Å². The minimum Gasteiger partial charge on any atom is -0.364 e. The van der Waals surface area contributed by atoms with Crippen molar-refractivity contribution in [1.82, 2.24) is 14.8 Å². The second-order valence-electron chi connectivity index (χ2n) is 13.5. The number of alkyl halides is 3. The van der Waals surface area contributed by atoms with Gasteiger partial charge in [-0.3, -0.25) is 19.3 Å². The molecule has 0 aliphatic carbocycles. The molecule has 3 aliphatic heterocycles. The smallest absolute Gasteiger partial charge is 0.364 e. The van der Waals surface area contributed by atoms with Gasteiger partial charge in [0.25, 0.3) is 0 Å². The van der Waals surface area contributed by atoms with Crippen molar-refractivity contribution in [3.8, 4) is 6.07 Å². The maximum absolute atomic E-state index is 14.2. The molecule has 1 fully saturated rings. The molecular weight excluding hydrogens is 683 g/mol. The highest BCUT2D eigenvalue weighted by Crippen LogP contribution is 2.44. The summed E-state index contributed by atoms with van der Waals surface area (Å²) in [6.07, 6.45) is -1.29. The number of rotatable bonds is 7. The summed E-state index contributed by atoms with van der Waals surface area (Å²) in [4.78, 5) is 53.4. The van der Waals surface area contributed by atoms with Crippen molar-refractivity contribution >= 4 is 46.5 Å². The second kappa shape index (κ2) is 14.0. The number of nitrogens with zero attached hydrogens (tertiary/aromatic N) is 7. The van der Waals surface area contributed by atoms with Crippen molar-refractivity contribution in [3.63, 3.8) is 0 Å². The molecule has 3 amide bonds. The van der Waals surface area contributed by atoms with Crippen LogP contribution < -0.4 is 14.7 Å². The number of carbonyl (C=O) groups is 3. The Hall–Kier alpha value is -4.93. The molecule has 51 heavy (non-hydrogen) atoms. The highest BCUT2D eigenvalue weighted by molar-refractivity contribution is 6.34. The number of aromatic nitrogens is 1. The number of anilines is 3. The number of fused-ring (bicyclic) bond motifs is 3. The maximum Gasteiger partial charge on any atom is 0.416 e. The Morgan fingerprint density at radius 3 is 2.63 bits per heavy atom. The summed E-state index contributed by atoms with van der Waals surface area (Å²) in [6.45, 7) is 2.84. The summed E-state index contributed by atoms with van der Waals surface area (Å²) in [7, 11) is 5.37. The van der Waals surface area contributed by atoms with Crippen LogP contribution in [0.15, 0.2) is 60.7 Å². The third kappa shape index (κ3) is 7.03. The molecule has 0 radical (unpaired) electrons. The summed E-state index contributed by atoms with van der Waals surface area (Å²) in [6, 6.07) is 13.5. The zero-order chi connectivity index (χ0) is 36.8. The molecule has 2 aromatic carbocycles. The Labute approximate surface area is 299 Å². The fraction of sp³-hybridized carbons (Fsp3) is 0.378. The molecule has 3 aliphatic rings. The van der Waals surface area contributed by atoms with Gasteiger partial charge in [0.15, 0.2) is 0 Å². The topological polar surface area (TPSA) is 104 Å². The summed E-state index contributed by atoms with van der Waals surface area (Å²) < 4.78 is 41.4. The van der Waals surface area contributed by atoms with Gasteiger partial charge < -0.3 is 19.6 Å². The fourth-order valence-electron chi connectivity index (χ4n) is 7.31. The number of hydrogen-bond acceptors (Lipinski definition) is 7. The first-order valence-electron chi connectivity index (χ1n) is 16.5. The average Bonchev–Trinajstić information content (AvgIpc) is 3.58. The Bertz CT molecular complexity index is 1960. The van der Waals surface area contributed by atoms with Crippen LogP contribution in [0.25, 0.3) is 0 Å². The minimum absolute atomic E-state index is 0.0694. The zero-order valence-electron chi connectivity index (χ0n) is 28.6. The van der Waals surface area contributed by atoms with Crippen molar-refractivity contribution < 1.29 is 27.6 Å². The van der Waals surface area contributed by atoms with E-state index >= 15 is 0 Å². The van der Waals surface area contributed by atoms with Crippen molar-refractivity contribution in [2.45, 2.75) is 51.1 Å². The van der Waals surface area contributed by atoms with Gasteiger partial charge in [-0.1, -0.05) is 41.9 Å². The maximum atomic E-state index is 14.2. The molecule has 14 heteroatoms. The van der Waals surface area contributed by atoms with E-state index in [2.05, 4.69) is 11.1 Å². The largest absolute Gasteiger partial charge is 0.416 e. The van der Waals surface area contributed by atoms with Crippen molar-refractivity contribution in [2.24, 2.45) is 5.92 Å². The lowest BCUT2D eigenvalue weighted by molar-refractivity contribution is -0.137. The van der Waals surface area contributed by atoms with E-state index in [1.54, 1.807) is 36.2 Å². The number of pyridine rings is 1. The molecule has 4 heterocycles. The predicted molar refractivity (Wildman–Crippen MR) is 187 cm³/mol. The van der Waals surface area contributed by atoms with Gasteiger partial charge in [0.1, 0.15) is 11.9 Å². The van der Waals surface area contributed by atoms with Gasteiger partial charge in [0.05, 0.1) is 40.5 Å². The molecule has 0 saturated carbocycles. The van der Waals surface area contributed by atoms with Gasteiger partial charge in [-0.05, 0) is 62.0 Å². The predicted octanol–water partition coefficient (Wildman–Crippen LogP) is 5.88. The molecule has 0 N–H and O–H groups in total. The number of hydrogen-bond donors (Lipinski definition) is 0. The van der Waals surface area contributed by atoms with E-state index in [1.807, 2.05) is 42.1 Å². The third-order valence-electron chi connectivity index (χ3n) is 9.58. The van der Waals surface area contributed by atoms with Crippen molar-refractivity contribution in [2.75, 3.05) is 48.9 Å². The average molecular weight is 720 g/mol. The second-order valence-corrected chi connectivity index (χ2v) is 13.9. The molecule has 0 spiro atoms. The van der Waals surface area contributed by atoms with E-state index in [4.69, 9.17) is 11.6 Å².